The molecule has 1 aliphatic rings. The van der Waals surface area contributed by atoms with E-state index in [1.807, 2.05) is 12.1 Å². The minimum absolute atomic E-state index is 0.0108. The van der Waals surface area contributed by atoms with Crippen molar-refractivity contribution in [3.8, 4) is 5.75 Å². The smallest absolute Gasteiger partial charge is 0.291 e. The molecule has 158 valence electrons. The number of aryl methyl sites for hydroxylation is 1. The maximum absolute atomic E-state index is 12.7. The summed E-state index contributed by atoms with van der Waals surface area (Å²) in [5, 5.41) is 3.95. The molecule has 1 aliphatic heterocycles. The van der Waals surface area contributed by atoms with Crippen molar-refractivity contribution in [1.29, 1.82) is 0 Å². The van der Waals surface area contributed by atoms with Crippen LogP contribution >= 0.6 is 11.3 Å². The van der Waals surface area contributed by atoms with Crippen molar-refractivity contribution in [2.75, 3.05) is 38.7 Å². The lowest BCUT2D eigenvalue weighted by atomic mass is 9.94. The first kappa shape index (κ1) is 20.7. The number of nitrogens with zero attached hydrogens (tertiary/aromatic N) is 1. The van der Waals surface area contributed by atoms with Crippen molar-refractivity contribution in [2.45, 2.75) is 19.9 Å². The molecule has 1 atom stereocenters. The van der Waals surface area contributed by atoms with Gasteiger partial charge < -0.3 is 19.2 Å². The molecule has 0 bridgehead atoms. The highest BCUT2D eigenvalue weighted by molar-refractivity contribution is 7.16. The van der Waals surface area contributed by atoms with Gasteiger partial charge in [-0.1, -0.05) is 12.1 Å². The number of carbonyl (C=O) groups excluding carboxylic acids is 1. The number of ether oxygens (including phenoxy) is 2. The molecule has 1 saturated heterocycles. The summed E-state index contributed by atoms with van der Waals surface area (Å²) in [6.45, 7) is 7.27. The Morgan fingerprint density at radius 2 is 1.90 bits per heavy atom. The first-order valence-electron chi connectivity index (χ1n) is 9.99. The van der Waals surface area contributed by atoms with Gasteiger partial charge in [-0.2, -0.15) is 0 Å². The zero-order valence-electron chi connectivity index (χ0n) is 17.4. The van der Waals surface area contributed by atoms with Gasteiger partial charge in [0.05, 0.1) is 32.6 Å². The van der Waals surface area contributed by atoms with Gasteiger partial charge in [-0.25, -0.2) is 0 Å². The van der Waals surface area contributed by atoms with E-state index in [1.54, 1.807) is 30.6 Å². The standard InChI is InChI=1S/C23H26N2O4S/c1-15-16(2)30-23(24-22(26)19-5-4-12-29-19)20(15)21(25-10-13-28-14-11-25)17-6-8-18(27-3)9-7-17/h4-9,12,21H,10-11,13-14H2,1-3H3,(H,24,26)/t21-/m1/s1. The lowest BCUT2D eigenvalue weighted by Gasteiger charge is -2.35. The summed E-state index contributed by atoms with van der Waals surface area (Å²) in [4.78, 5) is 16.3. The number of benzene rings is 1. The predicted molar refractivity (Wildman–Crippen MR) is 118 cm³/mol. The van der Waals surface area contributed by atoms with Gasteiger partial charge in [-0.15, -0.1) is 11.3 Å². The van der Waals surface area contributed by atoms with Gasteiger partial charge in [0.15, 0.2) is 5.76 Å². The Morgan fingerprint density at radius 1 is 1.17 bits per heavy atom. The van der Waals surface area contributed by atoms with E-state index < -0.39 is 0 Å². The second kappa shape index (κ2) is 9.04. The number of hydrogen-bond acceptors (Lipinski definition) is 6. The Morgan fingerprint density at radius 3 is 2.53 bits per heavy atom. The lowest BCUT2D eigenvalue weighted by Crippen LogP contribution is -2.39. The average molecular weight is 427 g/mol. The summed E-state index contributed by atoms with van der Waals surface area (Å²) in [7, 11) is 1.67. The fourth-order valence-electron chi connectivity index (χ4n) is 3.82. The highest BCUT2D eigenvalue weighted by atomic mass is 32.1. The number of methoxy groups -OCH3 is 1. The van der Waals surface area contributed by atoms with E-state index >= 15 is 0 Å². The van der Waals surface area contributed by atoms with Gasteiger partial charge >= 0.3 is 0 Å². The third-order valence-corrected chi connectivity index (χ3v) is 6.66. The third kappa shape index (κ3) is 4.14. The van der Waals surface area contributed by atoms with E-state index in [0.29, 0.717) is 19.0 Å². The first-order chi connectivity index (χ1) is 14.6. The molecule has 0 unspecified atom stereocenters. The molecule has 0 radical (unpaired) electrons. The lowest BCUT2D eigenvalue weighted by molar-refractivity contribution is 0.0240. The molecule has 1 aromatic carbocycles. The van der Waals surface area contributed by atoms with E-state index in [9.17, 15) is 4.79 Å². The van der Waals surface area contributed by atoms with Crippen LogP contribution in [0.2, 0.25) is 0 Å². The van der Waals surface area contributed by atoms with Crippen molar-refractivity contribution in [3.05, 3.63) is 70.0 Å². The monoisotopic (exact) mass is 426 g/mol. The van der Waals surface area contributed by atoms with Gasteiger partial charge in [0.1, 0.15) is 10.8 Å². The van der Waals surface area contributed by atoms with Crippen LogP contribution < -0.4 is 10.1 Å². The minimum atomic E-state index is -0.238. The Hall–Kier alpha value is -2.61. The molecule has 0 aliphatic carbocycles. The molecule has 1 fully saturated rings. The molecular weight excluding hydrogens is 400 g/mol. The van der Waals surface area contributed by atoms with E-state index in [4.69, 9.17) is 13.9 Å². The van der Waals surface area contributed by atoms with Crippen molar-refractivity contribution in [2.24, 2.45) is 0 Å². The van der Waals surface area contributed by atoms with Gasteiger partial charge in [-0.05, 0) is 49.2 Å². The number of hydrogen-bond donors (Lipinski definition) is 1. The summed E-state index contributed by atoms with van der Waals surface area (Å²) in [5.41, 5.74) is 3.48. The fraction of sp³-hybridized carbons (Fsp3) is 0.348. The summed E-state index contributed by atoms with van der Waals surface area (Å²) in [6.07, 6.45) is 1.51. The van der Waals surface area contributed by atoms with Crippen LogP contribution in [-0.2, 0) is 4.74 Å². The Labute approximate surface area is 180 Å². The number of rotatable bonds is 6. The molecule has 1 amide bonds. The van der Waals surface area contributed by atoms with E-state index in [-0.39, 0.29) is 11.9 Å². The minimum Gasteiger partial charge on any atom is -0.497 e. The van der Waals surface area contributed by atoms with Crippen LogP contribution in [0.3, 0.4) is 0 Å². The third-order valence-electron chi connectivity index (χ3n) is 5.52. The molecular formula is C23H26N2O4S. The zero-order valence-corrected chi connectivity index (χ0v) is 18.3. The normalized spacial score (nSPS) is 15.7. The van der Waals surface area contributed by atoms with Gasteiger partial charge in [0.2, 0.25) is 0 Å². The largest absolute Gasteiger partial charge is 0.497 e. The Bertz CT molecular complexity index is 989. The van der Waals surface area contributed by atoms with Crippen LogP contribution in [0.4, 0.5) is 5.00 Å². The molecule has 30 heavy (non-hydrogen) atoms. The fourth-order valence-corrected chi connectivity index (χ4v) is 4.91. The topological polar surface area (TPSA) is 63.9 Å². The quantitative estimate of drug-likeness (QED) is 0.622. The van der Waals surface area contributed by atoms with Crippen molar-refractivity contribution in [1.82, 2.24) is 4.90 Å². The average Bonchev–Trinajstić information content (AvgIpc) is 3.40. The molecule has 7 heteroatoms. The van der Waals surface area contributed by atoms with Crippen LogP contribution in [0, 0.1) is 13.8 Å². The van der Waals surface area contributed by atoms with Crippen LogP contribution in [0.1, 0.15) is 38.2 Å². The van der Waals surface area contributed by atoms with E-state index in [0.717, 1.165) is 35.0 Å². The molecule has 0 spiro atoms. The van der Waals surface area contributed by atoms with E-state index in [1.165, 1.54) is 16.7 Å². The van der Waals surface area contributed by atoms with Crippen molar-refractivity contribution < 1.29 is 18.7 Å². The van der Waals surface area contributed by atoms with Crippen LogP contribution in [0.15, 0.2) is 47.1 Å². The van der Waals surface area contributed by atoms with Crippen LogP contribution in [0.25, 0.3) is 0 Å². The van der Waals surface area contributed by atoms with E-state index in [2.05, 4.69) is 36.2 Å². The van der Waals surface area contributed by atoms with Crippen molar-refractivity contribution in [3.63, 3.8) is 0 Å². The molecule has 6 nitrogen and oxygen atoms in total. The molecule has 2 aromatic heterocycles. The first-order valence-corrected chi connectivity index (χ1v) is 10.8. The predicted octanol–water partition coefficient (Wildman–Crippen LogP) is 4.64. The molecule has 4 rings (SSSR count). The van der Waals surface area contributed by atoms with Gasteiger partial charge in [0, 0.05) is 23.5 Å². The summed E-state index contributed by atoms with van der Waals surface area (Å²) in [6, 6.07) is 11.6. The highest BCUT2D eigenvalue weighted by Gasteiger charge is 2.30. The van der Waals surface area contributed by atoms with Gasteiger partial charge in [0.25, 0.3) is 5.91 Å². The molecule has 0 saturated carbocycles. The highest BCUT2D eigenvalue weighted by Crippen LogP contribution is 2.42. The van der Waals surface area contributed by atoms with Gasteiger partial charge in [-0.3, -0.25) is 9.69 Å². The Kier molecular flexibility index (Phi) is 6.22. The maximum atomic E-state index is 12.7. The number of morpholine rings is 1. The zero-order chi connectivity index (χ0) is 21.1. The molecule has 1 N–H and O–H groups in total. The number of carbonyl (C=O) groups is 1. The summed E-state index contributed by atoms with van der Waals surface area (Å²) >= 11 is 1.61. The van der Waals surface area contributed by atoms with Crippen LogP contribution in [0.5, 0.6) is 5.75 Å². The summed E-state index contributed by atoms with van der Waals surface area (Å²) < 4.78 is 16.2. The maximum Gasteiger partial charge on any atom is 0.291 e. The SMILES string of the molecule is COc1ccc([C@H](c2c(NC(=O)c3ccco3)sc(C)c2C)N2CCOCC2)cc1. The van der Waals surface area contributed by atoms with Crippen molar-refractivity contribution >= 4 is 22.2 Å². The molecule has 3 heterocycles. The number of thiophene rings is 1. The second-order valence-corrected chi connectivity index (χ2v) is 8.51. The summed E-state index contributed by atoms with van der Waals surface area (Å²) in [5.74, 6) is 0.888. The molecule has 3 aromatic rings. The Balaban J connectivity index is 1.76. The number of furan rings is 1. The number of anilines is 1. The second-order valence-electron chi connectivity index (χ2n) is 7.28. The number of amides is 1. The van der Waals surface area contributed by atoms with Crippen LogP contribution in [-0.4, -0.2) is 44.2 Å². The number of nitrogens with one attached hydrogen (secondary N) is 1.